The largest absolute Gasteiger partial charge is 0.383 e. The zero-order chi connectivity index (χ0) is 41.7. The molecule has 0 saturated carbocycles. The van der Waals surface area contributed by atoms with Crippen LogP contribution in [0.2, 0.25) is 0 Å². The van der Waals surface area contributed by atoms with E-state index >= 15 is 0 Å². The van der Waals surface area contributed by atoms with Gasteiger partial charge in [-0.25, -0.2) is 0 Å². The average molecular weight is 846 g/mol. The molecule has 60 heavy (non-hydrogen) atoms. The first-order valence-electron chi connectivity index (χ1n) is 20.2. The van der Waals surface area contributed by atoms with Crippen LogP contribution in [0.1, 0.15) is 23.1 Å². The molecule has 0 amide bonds. The maximum absolute atomic E-state index is 13.5. The molecule has 7 rings (SSSR count). The Hall–Kier alpha value is -5.51. The number of piperazine rings is 1. The number of nitrogens with two attached hydrogens (primary N) is 1. The van der Waals surface area contributed by atoms with Crippen LogP contribution in [0.4, 0.5) is 17.1 Å². The Morgan fingerprint density at radius 1 is 0.800 bits per heavy atom. The van der Waals surface area contributed by atoms with E-state index in [0.29, 0.717) is 24.5 Å². The standard InChI is InChI=1S/C46H51N7O5S2/c47-46(38-16-18-40(19-17-38)52-28-26-50(27-29-52)25-23-43(36-10-4-1-5-11-36)37-12-6-2-7-13-37)49-60(56,57)42-20-21-44(45(34-42)53(54)55)48-39(22-24-51-30-32-58-33-31-51)35-59-41-14-8-3-9-15-41/h1-21,23,34,39,48H,22,24-33,35H2,(H2,47,49)/t39-/m1/s1. The Labute approximate surface area is 357 Å². The molecular weight excluding hydrogens is 795 g/mol. The summed E-state index contributed by atoms with van der Waals surface area (Å²) in [6, 6.07) is 41.9. The van der Waals surface area contributed by atoms with E-state index in [9.17, 15) is 18.5 Å². The molecule has 2 heterocycles. The summed E-state index contributed by atoms with van der Waals surface area (Å²) in [5, 5.41) is 15.7. The van der Waals surface area contributed by atoms with Crippen LogP contribution < -0.4 is 16.0 Å². The summed E-state index contributed by atoms with van der Waals surface area (Å²) in [4.78, 5) is 19.6. The first kappa shape index (κ1) is 42.6. The lowest BCUT2D eigenvalue weighted by Gasteiger charge is -2.35. The fourth-order valence-corrected chi connectivity index (χ4v) is 9.33. The van der Waals surface area contributed by atoms with Crippen molar-refractivity contribution in [1.82, 2.24) is 9.80 Å². The summed E-state index contributed by atoms with van der Waals surface area (Å²) in [6.07, 6.45) is 3.04. The number of anilines is 2. The molecule has 0 aromatic heterocycles. The van der Waals surface area contributed by atoms with Gasteiger partial charge in [-0.3, -0.25) is 19.9 Å². The highest BCUT2D eigenvalue weighted by Gasteiger charge is 2.25. The molecule has 1 atom stereocenters. The highest BCUT2D eigenvalue weighted by Crippen LogP contribution is 2.31. The topological polar surface area (TPSA) is 147 Å². The van der Waals surface area contributed by atoms with Crippen LogP contribution in [0.15, 0.2) is 154 Å². The number of rotatable bonds is 17. The second-order valence-electron chi connectivity index (χ2n) is 14.8. The van der Waals surface area contributed by atoms with Gasteiger partial charge in [0.1, 0.15) is 11.5 Å². The third-order valence-corrected chi connectivity index (χ3v) is 13.2. The van der Waals surface area contributed by atoms with E-state index in [-0.39, 0.29) is 28.1 Å². The first-order valence-corrected chi connectivity index (χ1v) is 22.7. The molecule has 14 heteroatoms. The number of amidine groups is 1. The molecule has 0 spiro atoms. The van der Waals surface area contributed by atoms with Crippen LogP contribution in [0.25, 0.3) is 5.57 Å². The molecule has 0 aliphatic carbocycles. The fraction of sp³-hybridized carbons (Fsp3) is 0.283. The van der Waals surface area contributed by atoms with Crippen molar-refractivity contribution in [2.45, 2.75) is 22.3 Å². The zero-order valence-electron chi connectivity index (χ0n) is 33.5. The van der Waals surface area contributed by atoms with E-state index in [2.05, 4.69) is 79.0 Å². The maximum Gasteiger partial charge on any atom is 0.293 e. The molecule has 312 valence electrons. The molecule has 5 aromatic rings. The van der Waals surface area contributed by atoms with Gasteiger partial charge in [-0.2, -0.15) is 8.42 Å². The van der Waals surface area contributed by atoms with Crippen LogP contribution in [0, 0.1) is 10.1 Å². The molecule has 12 nitrogen and oxygen atoms in total. The van der Waals surface area contributed by atoms with Crippen molar-refractivity contribution in [3.63, 3.8) is 0 Å². The Morgan fingerprint density at radius 3 is 2.03 bits per heavy atom. The normalized spacial score (nSPS) is 15.9. The van der Waals surface area contributed by atoms with Crippen molar-refractivity contribution in [2.75, 3.05) is 81.5 Å². The van der Waals surface area contributed by atoms with E-state index in [1.165, 1.54) is 28.8 Å². The number of hydrogen-bond acceptors (Lipinski definition) is 10. The second-order valence-corrected chi connectivity index (χ2v) is 17.5. The van der Waals surface area contributed by atoms with E-state index in [1.54, 1.807) is 23.9 Å². The molecule has 0 radical (unpaired) electrons. The summed E-state index contributed by atoms with van der Waals surface area (Å²) in [5.41, 5.74) is 11.2. The number of benzene rings is 5. The van der Waals surface area contributed by atoms with Gasteiger partial charge < -0.3 is 20.7 Å². The van der Waals surface area contributed by atoms with Crippen LogP contribution in [0.3, 0.4) is 0 Å². The summed E-state index contributed by atoms with van der Waals surface area (Å²) in [7, 11) is -4.38. The molecule has 3 N–H and O–H groups in total. The van der Waals surface area contributed by atoms with E-state index in [0.717, 1.165) is 75.4 Å². The summed E-state index contributed by atoms with van der Waals surface area (Å²) >= 11 is 1.66. The number of morpholine rings is 1. The highest BCUT2D eigenvalue weighted by molar-refractivity contribution is 7.99. The van der Waals surface area contributed by atoms with Crippen molar-refractivity contribution < 1.29 is 18.1 Å². The smallest absolute Gasteiger partial charge is 0.293 e. The van der Waals surface area contributed by atoms with Gasteiger partial charge in [-0.05, 0) is 71.7 Å². The lowest BCUT2D eigenvalue weighted by Crippen LogP contribution is -2.46. The number of nitro benzene ring substituents is 1. The number of nitro groups is 1. The van der Waals surface area contributed by atoms with Crippen molar-refractivity contribution in [2.24, 2.45) is 10.1 Å². The predicted octanol–water partition coefficient (Wildman–Crippen LogP) is 7.24. The van der Waals surface area contributed by atoms with Gasteiger partial charge in [0.05, 0.1) is 23.0 Å². The molecule has 0 unspecified atom stereocenters. The maximum atomic E-state index is 13.5. The van der Waals surface area contributed by atoms with Gasteiger partial charge in [0, 0.05) is 86.4 Å². The Kier molecular flexibility index (Phi) is 14.7. The number of nitrogens with zero attached hydrogens (tertiary/aromatic N) is 5. The first-order chi connectivity index (χ1) is 29.2. The van der Waals surface area contributed by atoms with E-state index in [4.69, 9.17) is 10.5 Å². The predicted molar refractivity (Wildman–Crippen MR) is 243 cm³/mol. The van der Waals surface area contributed by atoms with Crippen LogP contribution in [-0.2, 0) is 14.8 Å². The summed E-state index contributed by atoms with van der Waals surface area (Å²) < 4.78 is 36.4. The van der Waals surface area contributed by atoms with Gasteiger partial charge in [0.2, 0.25) is 0 Å². The third-order valence-electron chi connectivity index (χ3n) is 10.8. The highest BCUT2D eigenvalue weighted by atomic mass is 32.2. The molecule has 2 aliphatic rings. The van der Waals surface area contributed by atoms with Crippen molar-refractivity contribution in [3.8, 4) is 0 Å². The quantitative estimate of drug-likeness (QED) is 0.0321. The van der Waals surface area contributed by atoms with Gasteiger partial charge in [-0.1, -0.05) is 84.9 Å². The number of thioether (sulfide) groups is 1. The van der Waals surface area contributed by atoms with Crippen LogP contribution >= 0.6 is 11.8 Å². The molecule has 2 fully saturated rings. The van der Waals surface area contributed by atoms with Crippen LogP contribution in [-0.4, -0.2) is 106 Å². The number of nitrogens with one attached hydrogen (secondary N) is 1. The van der Waals surface area contributed by atoms with Gasteiger partial charge in [0.25, 0.3) is 15.7 Å². The van der Waals surface area contributed by atoms with Crippen molar-refractivity contribution in [3.05, 3.63) is 166 Å². The second kappa shape index (κ2) is 20.6. The molecule has 2 saturated heterocycles. The number of ether oxygens (including phenoxy) is 1. The zero-order valence-corrected chi connectivity index (χ0v) is 35.1. The minimum Gasteiger partial charge on any atom is -0.383 e. The lowest BCUT2D eigenvalue weighted by atomic mass is 9.97. The average Bonchev–Trinajstić information content (AvgIpc) is 3.29. The lowest BCUT2D eigenvalue weighted by molar-refractivity contribution is -0.384. The van der Waals surface area contributed by atoms with Gasteiger partial charge >= 0.3 is 0 Å². The summed E-state index contributed by atoms with van der Waals surface area (Å²) in [6.45, 7) is 8.11. The number of sulfonamides is 1. The fourth-order valence-electron chi connectivity index (χ4n) is 7.36. The van der Waals surface area contributed by atoms with E-state index in [1.807, 2.05) is 54.6 Å². The van der Waals surface area contributed by atoms with Crippen molar-refractivity contribution >= 4 is 50.3 Å². The molecular formula is C46H51N7O5S2. The van der Waals surface area contributed by atoms with E-state index < -0.39 is 14.9 Å². The minimum absolute atomic E-state index is 0.130. The molecule has 5 aromatic carbocycles. The SMILES string of the molecule is N/C(=N/S(=O)(=O)c1ccc(N[C@H](CCN2CCOCC2)CSc2ccccc2)c([N+](=O)[O-])c1)c1ccc(N2CCN(CC=C(c3ccccc3)c3ccccc3)CC2)cc1. The van der Waals surface area contributed by atoms with Gasteiger partial charge in [0.15, 0.2) is 0 Å². The monoisotopic (exact) mass is 845 g/mol. The Morgan fingerprint density at radius 2 is 1.42 bits per heavy atom. The van der Waals surface area contributed by atoms with Crippen LogP contribution in [0.5, 0.6) is 0 Å². The Balaban J connectivity index is 0.982. The van der Waals surface area contributed by atoms with Crippen molar-refractivity contribution in [1.29, 1.82) is 0 Å². The molecule has 0 bridgehead atoms. The van der Waals surface area contributed by atoms with Gasteiger partial charge in [-0.15, -0.1) is 16.2 Å². The third kappa shape index (κ3) is 11.6. The number of hydrogen-bond donors (Lipinski definition) is 2. The molecule has 2 aliphatic heterocycles. The Bertz CT molecular complexity index is 2290. The summed E-state index contributed by atoms with van der Waals surface area (Å²) in [5.74, 6) is 0.459. The minimum atomic E-state index is -4.38.